The summed E-state index contributed by atoms with van der Waals surface area (Å²) >= 11 is 0. The van der Waals surface area contributed by atoms with Gasteiger partial charge in [-0.05, 0) is 5.92 Å². The third-order valence-corrected chi connectivity index (χ3v) is 2.25. The van der Waals surface area contributed by atoms with Crippen molar-refractivity contribution in [2.75, 3.05) is 32.8 Å². The Kier molecular flexibility index (Phi) is 8.56. The fourth-order valence-corrected chi connectivity index (χ4v) is 1.67. The maximum absolute atomic E-state index is 11.6. The molecule has 0 unspecified atom stereocenters. The number of halogens is 3. The van der Waals surface area contributed by atoms with Gasteiger partial charge in [-0.3, -0.25) is 9.64 Å². The number of alkyl halides is 3. The van der Waals surface area contributed by atoms with Crippen molar-refractivity contribution in [1.82, 2.24) is 4.90 Å². The molecule has 1 fully saturated rings. The highest BCUT2D eigenvalue weighted by Gasteiger charge is 2.30. The second-order valence-corrected chi connectivity index (χ2v) is 4.40. The summed E-state index contributed by atoms with van der Waals surface area (Å²) in [6, 6.07) is 0. The fourth-order valence-electron chi connectivity index (χ4n) is 1.67. The number of nitrogens with zero attached hydrogens (tertiary/aromatic N) is 1. The first kappa shape index (κ1) is 17.7. The lowest BCUT2D eigenvalue weighted by Crippen LogP contribution is -2.53. The zero-order chi connectivity index (χ0) is 14.2. The summed E-state index contributed by atoms with van der Waals surface area (Å²) in [6.07, 6.45) is -4.48. The van der Waals surface area contributed by atoms with Crippen molar-refractivity contribution in [3.8, 4) is 0 Å². The molecule has 6 heteroatoms. The molecule has 0 atom stereocenters. The van der Waals surface area contributed by atoms with Crippen LogP contribution in [0, 0.1) is 5.92 Å². The minimum atomic E-state index is -4.55. The molecule has 0 bridgehead atoms. The third-order valence-electron chi connectivity index (χ3n) is 2.25. The van der Waals surface area contributed by atoms with Gasteiger partial charge in [0.15, 0.2) is 0 Å². The molecule has 0 radical (unpaired) electrons. The average Bonchev–Trinajstić information content (AvgIpc) is 2.21. The van der Waals surface area contributed by atoms with Crippen LogP contribution in [-0.4, -0.2) is 50.2 Å². The van der Waals surface area contributed by atoms with Gasteiger partial charge in [-0.15, -0.1) is 13.2 Å². The van der Waals surface area contributed by atoms with Gasteiger partial charge >= 0.3 is 6.36 Å². The van der Waals surface area contributed by atoms with E-state index >= 15 is 0 Å². The van der Waals surface area contributed by atoms with Crippen LogP contribution in [-0.2, 0) is 9.47 Å². The predicted molar refractivity (Wildman–Crippen MR) is 64.4 cm³/mol. The van der Waals surface area contributed by atoms with Gasteiger partial charge in [-0.1, -0.05) is 27.7 Å². The maximum Gasteiger partial charge on any atom is 0.522 e. The summed E-state index contributed by atoms with van der Waals surface area (Å²) < 4.78 is 43.6. The molecule has 1 aliphatic rings. The Bertz CT molecular complexity index is 204. The lowest BCUT2D eigenvalue weighted by Gasteiger charge is -2.39. The van der Waals surface area contributed by atoms with Crippen molar-refractivity contribution in [3.05, 3.63) is 0 Å². The molecule has 0 aromatic heterocycles. The van der Waals surface area contributed by atoms with Crippen molar-refractivity contribution in [3.63, 3.8) is 0 Å². The van der Waals surface area contributed by atoms with E-state index in [1.54, 1.807) is 0 Å². The van der Waals surface area contributed by atoms with Crippen LogP contribution >= 0.6 is 0 Å². The number of likely N-dealkylation sites (tertiary alicyclic amines) is 1. The molecule has 0 spiro atoms. The molecule has 0 N–H and O–H groups in total. The van der Waals surface area contributed by atoms with Crippen LogP contribution < -0.4 is 0 Å². The van der Waals surface area contributed by atoms with Crippen molar-refractivity contribution < 1.29 is 22.6 Å². The lowest BCUT2D eigenvalue weighted by molar-refractivity contribution is -0.328. The van der Waals surface area contributed by atoms with E-state index in [2.05, 4.69) is 23.5 Å². The van der Waals surface area contributed by atoms with E-state index < -0.39 is 13.0 Å². The smallest absolute Gasteiger partial charge is 0.373 e. The first-order valence-electron chi connectivity index (χ1n) is 6.41. The van der Waals surface area contributed by atoms with Gasteiger partial charge in [-0.25, -0.2) is 0 Å². The first-order valence-corrected chi connectivity index (χ1v) is 6.41. The summed E-state index contributed by atoms with van der Waals surface area (Å²) in [7, 11) is 0. The normalized spacial score (nSPS) is 17.3. The highest BCUT2D eigenvalue weighted by Crippen LogP contribution is 2.17. The molecule has 0 amide bonds. The standard InChI is InChI=1S/C10H18F3NO2.C2H6/c1-8(2)5-14-6-9(7-14)15-3-4-16-10(11,12)13;1-2/h8-9H,3-7H2,1-2H3;1-2H3. The first-order chi connectivity index (χ1) is 8.37. The average molecular weight is 271 g/mol. The van der Waals surface area contributed by atoms with Gasteiger partial charge in [0, 0.05) is 19.6 Å². The van der Waals surface area contributed by atoms with Crippen molar-refractivity contribution in [2.45, 2.75) is 40.2 Å². The highest BCUT2D eigenvalue weighted by molar-refractivity contribution is 4.80. The zero-order valence-electron chi connectivity index (χ0n) is 11.6. The Balaban J connectivity index is 0.00000137. The molecule has 0 aromatic carbocycles. The Labute approximate surface area is 107 Å². The van der Waals surface area contributed by atoms with E-state index in [1.807, 2.05) is 13.8 Å². The minimum Gasteiger partial charge on any atom is -0.373 e. The molecule has 110 valence electrons. The molecule has 0 aromatic rings. The van der Waals surface area contributed by atoms with Gasteiger partial charge < -0.3 is 4.74 Å². The number of hydrogen-bond donors (Lipinski definition) is 0. The minimum absolute atomic E-state index is 0.000302. The van der Waals surface area contributed by atoms with E-state index in [4.69, 9.17) is 4.74 Å². The largest absolute Gasteiger partial charge is 0.522 e. The molecule has 0 saturated carbocycles. The van der Waals surface area contributed by atoms with Gasteiger partial charge in [0.2, 0.25) is 0 Å². The number of hydrogen-bond acceptors (Lipinski definition) is 3. The van der Waals surface area contributed by atoms with Crippen molar-refractivity contribution in [1.29, 1.82) is 0 Å². The van der Waals surface area contributed by atoms with Gasteiger partial charge in [0.05, 0.1) is 19.3 Å². The van der Waals surface area contributed by atoms with Crippen LogP contribution in [0.15, 0.2) is 0 Å². The Morgan fingerprint density at radius 2 is 1.72 bits per heavy atom. The summed E-state index contributed by atoms with van der Waals surface area (Å²) in [4.78, 5) is 2.22. The van der Waals surface area contributed by atoms with Crippen molar-refractivity contribution in [2.24, 2.45) is 5.92 Å². The summed E-state index contributed by atoms with van der Waals surface area (Å²) in [6.45, 7) is 10.5. The van der Waals surface area contributed by atoms with Gasteiger partial charge in [-0.2, -0.15) is 0 Å². The summed E-state index contributed by atoms with van der Waals surface area (Å²) in [5.74, 6) is 0.606. The summed E-state index contributed by atoms with van der Waals surface area (Å²) in [5.41, 5.74) is 0. The molecule has 1 heterocycles. The Hall–Kier alpha value is -0.330. The number of rotatable bonds is 6. The Morgan fingerprint density at radius 3 is 2.17 bits per heavy atom. The monoisotopic (exact) mass is 271 g/mol. The number of ether oxygens (including phenoxy) is 2. The SMILES string of the molecule is CC.CC(C)CN1CC(OCCOC(F)(F)F)C1. The molecule has 3 nitrogen and oxygen atoms in total. The second-order valence-electron chi connectivity index (χ2n) is 4.40. The molecule has 18 heavy (non-hydrogen) atoms. The van der Waals surface area contributed by atoms with Crippen molar-refractivity contribution >= 4 is 0 Å². The molecule has 1 aliphatic heterocycles. The Morgan fingerprint density at radius 1 is 1.17 bits per heavy atom. The highest BCUT2D eigenvalue weighted by atomic mass is 19.4. The van der Waals surface area contributed by atoms with Crippen LogP contribution in [0.25, 0.3) is 0 Å². The van der Waals surface area contributed by atoms with Gasteiger partial charge in [0.1, 0.15) is 0 Å². The maximum atomic E-state index is 11.6. The van der Waals surface area contributed by atoms with E-state index in [1.165, 1.54) is 0 Å². The van der Waals surface area contributed by atoms with Crippen LogP contribution in [0.4, 0.5) is 13.2 Å². The predicted octanol–water partition coefficient (Wildman–Crippen LogP) is 2.91. The van der Waals surface area contributed by atoms with Crippen LogP contribution in [0.2, 0.25) is 0 Å². The summed E-state index contributed by atoms with van der Waals surface area (Å²) in [5, 5.41) is 0. The van der Waals surface area contributed by atoms with Crippen LogP contribution in [0.5, 0.6) is 0 Å². The third kappa shape index (κ3) is 8.72. The molecule has 1 saturated heterocycles. The van der Waals surface area contributed by atoms with E-state index in [9.17, 15) is 13.2 Å². The molecule has 0 aliphatic carbocycles. The lowest BCUT2D eigenvalue weighted by atomic mass is 10.1. The molecular weight excluding hydrogens is 247 g/mol. The van der Waals surface area contributed by atoms with E-state index in [-0.39, 0.29) is 12.7 Å². The van der Waals surface area contributed by atoms with Gasteiger partial charge in [0.25, 0.3) is 0 Å². The molecule has 1 rings (SSSR count). The van der Waals surface area contributed by atoms with Crippen LogP contribution in [0.3, 0.4) is 0 Å². The van der Waals surface area contributed by atoms with Crippen LogP contribution in [0.1, 0.15) is 27.7 Å². The molecular formula is C12H24F3NO2. The fraction of sp³-hybridized carbons (Fsp3) is 1.00. The zero-order valence-corrected chi connectivity index (χ0v) is 11.6. The van der Waals surface area contributed by atoms with E-state index in [0.29, 0.717) is 5.92 Å². The second kappa shape index (κ2) is 8.72. The quantitative estimate of drug-likeness (QED) is 0.693. The topological polar surface area (TPSA) is 21.7 Å². The van der Waals surface area contributed by atoms with E-state index in [0.717, 1.165) is 19.6 Å².